The third kappa shape index (κ3) is 5.52. The van der Waals surface area contributed by atoms with Gasteiger partial charge < -0.3 is 30.3 Å². The zero-order valence-corrected chi connectivity index (χ0v) is 16.2. The quantitative estimate of drug-likeness (QED) is 0.467. The Morgan fingerprint density at radius 1 is 1.17 bits per heavy atom. The molecule has 0 bridgehead atoms. The standard InChI is InChI=1S/C15H30N2O6Si/c1-8(19)16-12-11(7-18)23-15(22-10(3)24(4,5)6)13(14(12)21)17-9(2)20/h10-15,18,21H,7H2,1-6H3,(H,16,19)(H,17,20)/t10?,11-,12-,13+,14+,15?/m1/s1. The van der Waals surface area contributed by atoms with Crippen LogP contribution in [0.15, 0.2) is 0 Å². The summed E-state index contributed by atoms with van der Waals surface area (Å²) in [5, 5.41) is 25.4. The molecule has 2 unspecified atom stereocenters. The summed E-state index contributed by atoms with van der Waals surface area (Å²) in [4.78, 5) is 22.9. The van der Waals surface area contributed by atoms with Crippen molar-refractivity contribution >= 4 is 19.9 Å². The molecule has 24 heavy (non-hydrogen) atoms. The minimum absolute atomic E-state index is 0.0948. The van der Waals surface area contributed by atoms with E-state index in [2.05, 4.69) is 30.3 Å². The SMILES string of the molecule is CC(=O)N[C@H]1[C@H](O)[C@H](NC(C)=O)C(OC(C)[Si](C)(C)C)O[C@@H]1CO. The molecule has 4 N–H and O–H groups in total. The lowest BCUT2D eigenvalue weighted by Crippen LogP contribution is -2.69. The number of aliphatic hydroxyl groups is 2. The number of carbonyl (C=O) groups excluding carboxylic acids is 2. The molecule has 0 saturated carbocycles. The molecule has 0 radical (unpaired) electrons. The van der Waals surface area contributed by atoms with Gasteiger partial charge in [-0.25, -0.2) is 0 Å². The molecule has 9 heteroatoms. The van der Waals surface area contributed by atoms with E-state index in [1.54, 1.807) is 0 Å². The highest BCUT2D eigenvalue weighted by molar-refractivity contribution is 6.77. The lowest BCUT2D eigenvalue weighted by molar-refractivity contribution is -0.251. The summed E-state index contributed by atoms with van der Waals surface area (Å²) in [6, 6.07) is -1.69. The third-order valence-electron chi connectivity index (χ3n) is 4.22. The van der Waals surface area contributed by atoms with Crippen molar-refractivity contribution in [3.8, 4) is 0 Å². The predicted octanol–water partition coefficient (Wildman–Crippen LogP) is -0.644. The average Bonchev–Trinajstić information content (AvgIpc) is 2.43. The van der Waals surface area contributed by atoms with Crippen molar-refractivity contribution in [1.82, 2.24) is 10.6 Å². The fraction of sp³-hybridized carbons (Fsp3) is 0.867. The molecule has 2 amide bonds. The van der Waals surface area contributed by atoms with Crippen LogP contribution in [0.5, 0.6) is 0 Å². The third-order valence-corrected chi connectivity index (χ3v) is 6.79. The maximum atomic E-state index is 11.5. The summed E-state index contributed by atoms with van der Waals surface area (Å²) in [5.74, 6) is -0.710. The zero-order valence-electron chi connectivity index (χ0n) is 15.2. The molecular weight excluding hydrogens is 332 g/mol. The fourth-order valence-corrected chi connectivity index (χ4v) is 2.97. The first kappa shape index (κ1) is 21.0. The van der Waals surface area contributed by atoms with E-state index in [4.69, 9.17) is 9.47 Å². The molecular formula is C15H30N2O6Si. The smallest absolute Gasteiger partial charge is 0.217 e. The molecule has 1 saturated heterocycles. The Morgan fingerprint density at radius 3 is 2.08 bits per heavy atom. The highest BCUT2D eigenvalue weighted by Gasteiger charge is 2.47. The Balaban J connectivity index is 3.03. The molecule has 1 aliphatic heterocycles. The highest BCUT2D eigenvalue weighted by atomic mass is 28.3. The van der Waals surface area contributed by atoms with Crippen LogP contribution in [0, 0.1) is 0 Å². The van der Waals surface area contributed by atoms with Gasteiger partial charge in [0.05, 0.1) is 20.7 Å². The van der Waals surface area contributed by atoms with Crippen LogP contribution < -0.4 is 10.6 Å². The van der Waals surface area contributed by atoms with Gasteiger partial charge in [-0.05, 0) is 6.92 Å². The monoisotopic (exact) mass is 362 g/mol. The van der Waals surface area contributed by atoms with Gasteiger partial charge in [0.1, 0.15) is 18.2 Å². The average molecular weight is 362 g/mol. The zero-order chi connectivity index (χ0) is 18.7. The Morgan fingerprint density at radius 2 is 1.67 bits per heavy atom. The predicted molar refractivity (Wildman–Crippen MR) is 90.9 cm³/mol. The first-order valence-electron chi connectivity index (χ1n) is 8.11. The summed E-state index contributed by atoms with van der Waals surface area (Å²) in [7, 11) is -1.64. The molecule has 1 aliphatic rings. The normalized spacial score (nSPS) is 32.1. The van der Waals surface area contributed by atoms with Gasteiger partial charge in [0, 0.05) is 19.6 Å². The van der Waals surface area contributed by atoms with Crippen molar-refractivity contribution in [1.29, 1.82) is 0 Å². The first-order valence-corrected chi connectivity index (χ1v) is 11.7. The van der Waals surface area contributed by atoms with E-state index in [1.807, 2.05) is 6.92 Å². The van der Waals surface area contributed by atoms with Crippen LogP contribution in [0.3, 0.4) is 0 Å². The van der Waals surface area contributed by atoms with Crippen molar-refractivity contribution in [3.63, 3.8) is 0 Å². The van der Waals surface area contributed by atoms with Crippen molar-refractivity contribution in [2.75, 3.05) is 6.61 Å². The van der Waals surface area contributed by atoms with E-state index >= 15 is 0 Å². The second-order valence-corrected chi connectivity index (χ2v) is 12.9. The van der Waals surface area contributed by atoms with Gasteiger partial charge in [0.15, 0.2) is 6.29 Å². The van der Waals surface area contributed by atoms with Crippen LogP contribution in [0.4, 0.5) is 0 Å². The van der Waals surface area contributed by atoms with Crippen molar-refractivity contribution in [2.45, 2.75) is 76.7 Å². The highest BCUT2D eigenvalue weighted by Crippen LogP contribution is 2.25. The molecule has 8 nitrogen and oxygen atoms in total. The van der Waals surface area contributed by atoms with Crippen LogP contribution in [0.25, 0.3) is 0 Å². The molecule has 0 aromatic rings. The molecule has 0 aliphatic carbocycles. The second-order valence-electron chi connectivity index (χ2n) is 7.31. The summed E-state index contributed by atoms with van der Waals surface area (Å²) >= 11 is 0. The van der Waals surface area contributed by atoms with Gasteiger partial charge in [-0.1, -0.05) is 19.6 Å². The Hall–Kier alpha value is -1.00. The van der Waals surface area contributed by atoms with E-state index < -0.39 is 45.3 Å². The summed E-state index contributed by atoms with van der Waals surface area (Å²) < 4.78 is 11.7. The van der Waals surface area contributed by atoms with Gasteiger partial charge >= 0.3 is 0 Å². The van der Waals surface area contributed by atoms with Crippen LogP contribution in [0.1, 0.15) is 20.8 Å². The molecule has 140 valence electrons. The maximum absolute atomic E-state index is 11.5. The molecule has 0 aromatic carbocycles. The van der Waals surface area contributed by atoms with Gasteiger partial charge in [0.25, 0.3) is 0 Å². The molecule has 0 spiro atoms. The lowest BCUT2D eigenvalue weighted by atomic mass is 9.94. The second kappa shape index (κ2) is 8.39. The minimum atomic E-state index is -1.64. The summed E-state index contributed by atoms with van der Waals surface area (Å²) in [5.41, 5.74) is -0.0948. The van der Waals surface area contributed by atoms with E-state index in [-0.39, 0.29) is 17.5 Å². The van der Waals surface area contributed by atoms with E-state index in [0.29, 0.717) is 0 Å². The molecule has 0 aromatic heterocycles. The molecule has 6 atom stereocenters. The minimum Gasteiger partial charge on any atom is -0.394 e. The lowest BCUT2D eigenvalue weighted by Gasteiger charge is -2.45. The number of nitrogens with one attached hydrogen (secondary N) is 2. The van der Waals surface area contributed by atoms with Crippen LogP contribution in [0.2, 0.25) is 19.6 Å². The van der Waals surface area contributed by atoms with Crippen LogP contribution in [-0.2, 0) is 19.1 Å². The maximum Gasteiger partial charge on any atom is 0.217 e. The van der Waals surface area contributed by atoms with E-state index in [9.17, 15) is 19.8 Å². The number of amides is 2. The van der Waals surface area contributed by atoms with Crippen molar-refractivity contribution in [2.24, 2.45) is 0 Å². The fourth-order valence-electron chi connectivity index (χ4n) is 2.43. The van der Waals surface area contributed by atoms with Crippen molar-refractivity contribution < 1.29 is 29.3 Å². The largest absolute Gasteiger partial charge is 0.394 e. The Kier molecular flexibility index (Phi) is 7.36. The number of aliphatic hydroxyl groups excluding tert-OH is 2. The topological polar surface area (TPSA) is 117 Å². The molecule has 1 heterocycles. The Bertz CT molecular complexity index is 456. The number of hydrogen-bond donors (Lipinski definition) is 4. The number of hydrogen-bond acceptors (Lipinski definition) is 6. The van der Waals surface area contributed by atoms with Crippen LogP contribution >= 0.6 is 0 Å². The summed E-state index contributed by atoms with van der Waals surface area (Å²) in [6.45, 7) is 10.6. The van der Waals surface area contributed by atoms with E-state index in [0.717, 1.165) is 0 Å². The van der Waals surface area contributed by atoms with Crippen molar-refractivity contribution in [3.05, 3.63) is 0 Å². The van der Waals surface area contributed by atoms with Gasteiger partial charge in [-0.3, -0.25) is 9.59 Å². The number of carbonyl (C=O) groups is 2. The first-order chi connectivity index (χ1) is 11.0. The van der Waals surface area contributed by atoms with E-state index in [1.165, 1.54) is 13.8 Å². The van der Waals surface area contributed by atoms with Gasteiger partial charge in [0.2, 0.25) is 11.8 Å². The Labute approximate surface area is 143 Å². The molecule has 1 fully saturated rings. The van der Waals surface area contributed by atoms with Gasteiger partial charge in [-0.2, -0.15) is 0 Å². The van der Waals surface area contributed by atoms with Gasteiger partial charge in [-0.15, -0.1) is 0 Å². The summed E-state index contributed by atoms with van der Waals surface area (Å²) in [6.07, 6.45) is -2.89. The number of rotatable bonds is 6. The molecule has 1 rings (SSSR count). The number of ether oxygens (including phenoxy) is 2. The van der Waals surface area contributed by atoms with Crippen LogP contribution in [-0.4, -0.2) is 73.0 Å².